The summed E-state index contributed by atoms with van der Waals surface area (Å²) in [6.45, 7) is 2.35. The Bertz CT molecular complexity index is 523. The van der Waals surface area contributed by atoms with Crippen LogP contribution in [0.3, 0.4) is 0 Å². The molecule has 0 saturated carbocycles. The molecule has 6 heteroatoms. The number of thiophene rings is 1. The summed E-state index contributed by atoms with van der Waals surface area (Å²) in [6, 6.07) is 1.90. The average molecular weight is 272 g/mol. The molecule has 0 radical (unpaired) electrons. The molecule has 0 amide bonds. The Kier molecular flexibility index (Phi) is 5.15. The minimum atomic E-state index is -3.12. The first-order valence-electron chi connectivity index (χ1n) is 5.20. The van der Waals surface area contributed by atoms with Crippen molar-refractivity contribution in [2.24, 2.45) is 5.73 Å². The normalized spacial score (nSPS) is 11.3. The van der Waals surface area contributed by atoms with E-state index in [1.54, 1.807) is 14.0 Å². The van der Waals surface area contributed by atoms with E-state index in [1.165, 1.54) is 15.6 Å². The molecule has 17 heavy (non-hydrogen) atoms. The maximum atomic E-state index is 11.6. The van der Waals surface area contributed by atoms with Gasteiger partial charge in [-0.3, -0.25) is 0 Å². The van der Waals surface area contributed by atoms with Crippen LogP contribution in [0.25, 0.3) is 0 Å². The molecule has 2 N–H and O–H groups in total. The summed E-state index contributed by atoms with van der Waals surface area (Å²) in [5.74, 6) is 5.81. The lowest BCUT2D eigenvalue weighted by Crippen LogP contribution is -2.27. The largest absolute Gasteiger partial charge is 0.320 e. The molecule has 0 unspecified atom stereocenters. The standard InChI is InChI=1S/C11H16N2O2S2/c1-3-17(14,15)13(2)8-10-7-11(16-9-10)5-4-6-12/h7,9H,3,6,8,12H2,1-2H3. The van der Waals surface area contributed by atoms with Gasteiger partial charge in [-0.2, -0.15) is 0 Å². The van der Waals surface area contributed by atoms with E-state index in [0.29, 0.717) is 13.1 Å². The fourth-order valence-corrected chi connectivity index (χ4v) is 2.80. The van der Waals surface area contributed by atoms with Gasteiger partial charge in [-0.15, -0.1) is 11.3 Å². The predicted octanol–water partition coefficient (Wildman–Crippen LogP) is 0.840. The van der Waals surface area contributed by atoms with Crippen molar-refractivity contribution in [3.63, 3.8) is 0 Å². The Morgan fingerprint density at radius 1 is 1.53 bits per heavy atom. The molecule has 0 bridgehead atoms. The molecule has 0 aromatic carbocycles. The number of nitrogens with two attached hydrogens (primary N) is 1. The first kappa shape index (κ1) is 14.2. The fourth-order valence-electron chi connectivity index (χ4n) is 1.24. The molecule has 0 fully saturated rings. The third-order valence-electron chi connectivity index (χ3n) is 2.21. The summed E-state index contributed by atoms with van der Waals surface area (Å²) < 4.78 is 24.5. The van der Waals surface area contributed by atoms with E-state index < -0.39 is 10.0 Å². The van der Waals surface area contributed by atoms with Crippen LogP contribution in [-0.2, 0) is 16.6 Å². The van der Waals surface area contributed by atoms with E-state index in [-0.39, 0.29) is 5.75 Å². The van der Waals surface area contributed by atoms with Crippen LogP contribution in [-0.4, -0.2) is 32.1 Å². The van der Waals surface area contributed by atoms with Crippen molar-refractivity contribution in [1.82, 2.24) is 4.31 Å². The second-order valence-corrected chi connectivity index (χ2v) is 6.76. The molecule has 0 saturated heterocycles. The molecule has 1 aromatic rings. The van der Waals surface area contributed by atoms with Crippen LogP contribution in [0.15, 0.2) is 11.4 Å². The van der Waals surface area contributed by atoms with E-state index in [0.717, 1.165) is 10.4 Å². The maximum absolute atomic E-state index is 11.6. The lowest BCUT2D eigenvalue weighted by atomic mass is 10.3. The Labute approximate surface area is 106 Å². The first-order chi connectivity index (χ1) is 7.99. The van der Waals surface area contributed by atoms with Crippen LogP contribution < -0.4 is 5.73 Å². The van der Waals surface area contributed by atoms with Gasteiger partial charge in [0.05, 0.1) is 17.2 Å². The third-order valence-corrected chi connectivity index (χ3v) is 4.92. The molecule has 0 atom stereocenters. The van der Waals surface area contributed by atoms with Crippen LogP contribution in [0.4, 0.5) is 0 Å². The second-order valence-electron chi connectivity index (χ2n) is 3.48. The Morgan fingerprint density at radius 3 is 2.82 bits per heavy atom. The van der Waals surface area contributed by atoms with E-state index in [1.807, 2.05) is 11.4 Å². The van der Waals surface area contributed by atoms with Crippen LogP contribution in [0.5, 0.6) is 0 Å². The Morgan fingerprint density at radius 2 is 2.24 bits per heavy atom. The molecule has 1 aromatic heterocycles. The van der Waals surface area contributed by atoms with Crippen LogP contribution >= 0.6 is 11.3 Å². The van der Waals surface area contributed by atoms with Gasteiger partial charge in [0.2, 0.25) is 10.0 Å². The van der Waals surface area contributed by atoms with Gasteiger partial charge < -0.3 is 5.73 Å². The number of hydrogen-bond acceptors (Lipinski definition) is 4. The Hall–Kier alpha value is -0.870. The molecular formula is C11H16N2O2S2. The minimum absolute atomic E-state index is 0.119. The fraction of sp³-hybridized carbons (Fsp3) is 0.455. The third kappa shape index (κ3) is 4.13. The van der Waals surface area contributed by atoms with Crippen LogP contribution in [0, 0.1) is 11.8 Å². The van der Waals surface area contributed by atoms with Gasteiger partial charge in [-0.25, -0.2) is 12.7 Å². The smallest absolute Gasteiger partial charge is 0.213 e. The summed E-state index contributed by atoms with van der Waals surface area (Å²) >= 11 is 1.50. The molecular weight excluding hydrogens is 256 g/mol. The van der Waals surface area contributed by atoms with Gasteiger partial charge in [0.1, 0.15) is 0 Å². The average Bonchev–Trinajstić information content (AvgIpc) is 2.74. The van der Waals surface area contributed by atoms with E-state index >= 15 is 0 Å². The molecule has 4 nitrogen and oxygen atoms in total. The van der Waals surface area contributed by atoms with Gasteiger partial charge in [-0.1, -0.05) is 11.8 Å². The summed E-state index contributed by atoms with van der Waals surface area (Å²) in [4.78, 5) is 0.910. The molecule has 0 aliphatic carbocycles. The molecule has 0 aliphatic rings. The highest BCUT2D eigenvalue weighted by Crippen LogP contribution is 2.16. The number of rotatable bonds is 4. The summed E-state index contributed by atoms with van der Waals surface area (Å²) in [7, 11) is -1.54. The highest BCUT2D eigenvalue weighted by Gasteiger charge is 2.15. The van der Waals surface area contributed by atoms with Crippen molar-refractivity contribution in [3.05, 3.63) is 21.9 Å². The number of hydrogen-bond donors (Lipinski definition) is 1. The summed E-state index contributed by atoms with van der Waals surface area (Å²) in [5.41, 5.74) is 6.24. The zero-order valence-electron chi connectivity index (χ0n) is 9.93. The van der Waals surface area contributed by atoms with Gasteiger partial charge >= 0.3 is 0 Å². The van der Waals surface area contributed by atoms with Crippen molar-refractivity contribution in [1.29, 1.82) is 0 Å². The highest BCUT2D eigenvalue weighted by atomic mass is 32.2. The zero-order valence-corrected chi connectivity index (χ0v) is 11.6. The van der Waals surface area contributed by atoms with Crippen LogP contribution in [0.1, 0.15) is 17.4 Å². The predicted molar refractivity (Wildman–Crippen MR) is 71.2 cm³/mol. The molecule has 94 valence electrons. The lowest BCUT2D eigenvalue weighted by molar-refractivity contribution is 0.468. The quantitative estimate of drug-likeness (QED) is 0.826. The monoisotopic (exact) mass is 272 g/mol. The second kappa shape index (κ2) is 6.17. The van der Waals surface area contributed by atoms with Gasteiger partial charge in [0.15, 0.2) is 0 Å². The van der Waals surface area contributed by atoms with Crippen LogP contribution in [0.2, 0.25) is 0 Å². The van der Waals surface area contributed by atoms with E-state index in [4.69, 9.17) is 5.73 Å². The summed E-state index contributed by atoms with van der Waals surface area (Å²) in [5, 5.41) is 1.92. The van der Waals surface area contributed by atoms with E-state index in [9.17, 15) is 8.42 Å². The van der Waals surface area contributed by atoms with Crippen molar-refractivity contribution < 1.29 is 8.42 Å². The van der Waals surface area contributed by atoms with Crippen molar-refractivity contribution in [2.45, 2.75) is 13.5 Å². The highest BCUT2D eigenvalue weighted by molar-refractivity contribution is 7.89. The van der Waals surface area contributed by atoms with Crippen molar-refractivity contribution >= 4 is 21.4 Å². The minimum Gasteiger partial charge on any atom is -0.320 e. The maximum Gasteiger partial charge on any atom is 0.213 e. The number of nitrogens with zero attached hydrogens (tertiary/aromatic N) is 1. The van der Waals surface area contributed by atoms with Gasteiger partial charge in [0.25, 0.3) is 0 Å². The molecule has 0 aliphatic heterocycles. The van der Waals surface area contributed by atoms with E-state index in [2.05, 4.69) is 11.8 Å². The van der Waals surface area contributed by atoms with Gasteiger partial charge in [-0.05, 0) is 23.9 Å². The summed E-state index contributed by atoms with van der Waals surface area (Å²) in [6.07, 6.45) is 0. The first-order valence-corrected chi connectivity index (χ1v) is 7.69. The SMILES string of the molecule is CCS(=O)(=O)N(C)Cc1csc(C#CCN)c1. The molecule has 1 rings (SSSR count). The molecule has 1 heterocycles. The van der Waals surface area contributed by atoms with Crippen molar-refractivity contribution in [3.8, 4) is 11.8 Å². The van der Waals surface area contributed by atoms with Gasteiger partial charge in [0, 0.05) is 13.6 Å². The number of sulfonamides is 1. The topological polar surface area (TPSA) is 63.4 Å². The zero-order chi connectivity index (χ0) is 12.9. The Balaban J connectivity index is 2.73. The molecule has 0 spiro atoms. The van der Waals surface area contributed by atoms with Crippen molar-refractivity contribution in [2.75, 3.05) is 19.3 Å². The lowest BCUT2D eigenvalue weighted by Gasteiger charge is -2.14.